The number of carbonyl (C=O) groups is 3. The van der Waals surface area contributed by atoms with E-state index in [9.17, 15) is 14.4 Å². The lowest BCUT2D eigenvalue weighted by molar-refractivity contribution is -0.123. The molecule has 7 nitrogen and oxygen atoms in total. The van der Waals surface area contributed by atoms with Gasteiger partial charge < -0.3 is 14.5 Å². The Hall–Kier alpha value is -4.13. The number of urea groups is 1. The number of nitrogens with one attached hydrogen (secondary N) is 1. The summed E-state index contributed by atoms with van der Waals surface area (Å²) in [6.07, 6.45) is 1.49. The Morgan fingerprint density at radius 1 is 1.06 bits per heavy atom. The third kappa shape index (κ3) is 3.98. The molecule has 2 heterocycles. The first-order valence-electron chi connectivity index (χ1n) is 9.64. The highest BCUT2D eigenvalue weighted by molar-refractivity contribution is 6.13. The zero-order valence-electron chi connectivity index (χ0n) is 17.0. The molecule has 7 heteroatoms. The number of hydrogen-bond acceptors (Lipinski definition) is 5. The molecule has 3 aromatic rings. The molecule has 2 aromatic carbocycles. The maximum atomic E-state index is 12.7. The first kappa shape index (κ1) is 20.2. The number of hydrogen-bond donors (Lipinski definition) is 1. The number of methoxy groups -OCH3 is 1. The van der Waals surface area contributed by atoms with Crippen LogP contribution in [-0.4, -0.2) is 29.9 Å². The number of nitrogens with zero attached hydrogens (tertiary/aromatic N) is 1. The Labute approximate surface area is 178 Å². The molecule has 1 aliphatic rings. The quantitative estimate of drug-likeness (QED) is 0.384. The van der Waals surface area contributed by atoms with Crippen LogP contribution in [0.5, 0.6) is 0 Å². The van der Waals surface area contributed by atoms with Crippen LogP contribution in [0.3, 0.4) is 0 Å². The van der Waals surface area contributed by atoms with Gasteiger partial charge in [0.2, 0.25) is 0 Å². The summed E-state index contributed by atoms with van der Waals surface area (Å²) in [6, 6.07) is 17.5. The van der Waals surface area contributed by atoms with Crippen LogP contribution < -0.4 is 5.32 Å². The molecule has 0 saturated carbocycles. The molecule has 3 amide bonds. The summed E-state index contributed by atoms with van der Waals surface area (Å²) in [6.45, 7) is 2.00. The van der Waals surface area contributed by atoms with Gasteiger partial charge in [0.1, 0.15) is 17.2 Å². The van der Waals surface area contributed by atoms with E-state index >= 15 is 0 Å². The fourth-order valence-electron chi connectivity index (χ4n) is 3.43. The van der Waals surface area contributed by atoms with Gasteiger partial charge in [0.25, 0.3) is 5.91 Å². The van der Waals surface area contributed by atoms with E-state index in [1.54, 1.807) is 24.3 Å². The predicted octanol–water partition coefficient (Wildman–Crippen LogP) is 4.13. The summed E-state index contributed by atoms with van der Waals surface area (Å²) >= 11 is 0. The van der Waals surface area contributed by atoms with Gasteiger partial charge in [-0.15, -0.1) is 0 Å². The second-order valence-corrected chi connectivity index (χ2v) is 7.04. The van der Waals surface area contributed by atoms with Crippen molar-refractivity contribution in [2.75, 3.05) is 7.11 Å². The molecule has 31 heavy (non-hydrogen) atoms. The van der Waals surface area contributed by atoms with Crippen LogP contribution in [0.25, 0.3) is 17.4 Å². The van der Waals surface area contributed by atoms with Crippen molar-refractivity contribution in [3.8, 4) is 11.3 Å². The number of furan rings is 1. The summed E-state index contributed by atoms with van der Waals surface area (Å²) in [5.41, 5.74) is 2.91. The van der Waals surface area contributed by atoms with Gasteiger partial charge in [0.05, 0.1) is 19.2 Å². The van der Waals surface area contributed by atoms with E-state index in [0.717, 1.165) is 21.6 Å². The van der Waals surface area contributed by atoms with Gasteiger partial charge in [-0.3, -0.25) is 9.69 Å². The topological polar surface area (TPSA) is 88.9 Å². The average Bonchev–Trinajstić information content (AvgIpc) is 3.34. The highest BCUT2D eigenvalue weighted by Gasteiger charge is 2.33. The lowest BCUT2D eigenvalue weighted by Gasteiger charge is -2.11. The summed E-state index contributed by atoms with van der Waals surface area (Å²) in [5.74, 6) is 0.0952. The van der Waals surface area contributed by atoms with Gasteiger partial charge in [0.15, 0.2) is 0 Å². The first-order valence-corrected chi connectivity index (χ1v) is 9.64. The molecule has 4 rings (SSSR count). The minimum atomic E-state index is -0.478. The Kier molecular flexibility index (Phi) is 5.41. The van der Waals surface area contributed by atoms with Gasteiger partial charge in [-0.25, -0.2) is 9.59 Å². The van der Waals surface area contributed by atoms with Crippen LogP contribution in [0.1, 0.15) is 27.2 Å². The fraction of sp³-hybridized carbons (Fsp3) is 0.125. The first-order chi connectivity index (χ1) is 15.0. The third-order valence-corrected chi connectivity index (χ3v) is 5.06. The van der Waals surface area contributed by atoms with Gasteiger partial charge >= 0.3 is 12.0 Å². The number of imide groups is 1. The lowest BCUT2D eigenvalue weighted by Crippen LogP contribution is -2.30. The van der Waals surface area contributed by atoms with E-state index in [-0.39, 0.29) is 12.2 Å². The van der Waals surface area contributed by atoms with Crippen LogP contribution >= 0.6 is 0 Å². The third-order valence-electron chi connectivity index (χ3n) is 5.06. The molecule has 1 aliphatic heterocycles. The van der Waals surface area contributed by atoms with Crippen molar-refractivity contribution >= 4 is 24.0 Å². The minimum Gasteiger partial charge on any atom is -0.465 e. The van der Waals surface area contributed by atoms with E-state index in [4.69, 9.17) is 9.15 Å². The summed E-state index contributed by atoms with van der Waals surface area (Å²) in [7, 11) is 1.33. The smallest absolute Gasteiger partial charge is 0.338 e. The molecule has 0 bridgehead atoms. The number of esters is 1. The molecule has 1 N–H and O–H groups in total. The van der Waals surface area contributed by atoms with Crippen LogP contribution in [0.4, 0.5) is 4.79 Å². The van der Waals surface area contributed by atoms with Crippen LogP contribution in [0.2, 0.25) is 0 Å². The van der Waals surface area contributed by atoms with Crippen molar-refractivity contribution in [3.63, 3.8) is 0 Å². The number of benzene rings is 2. The average molecular weight is 416 g/mol. The fourth-order valence-corrected chi connectivity index (χ4v) is 3.43. The standard InChI is InChI=1S/C24H20N2O5/c1-15-18(9-6-10-19(15)23(28)30-2)21-12-11-17(31-21)13-20-22(27)26(24(29)25-20)14-16-7-4-3-5-8-16/h3-13H,14H2,1-2H3,(H,25,29)/b20-13+. The molecule has 0 unspecified atom stereocenters. The largest absolute Gasteiger partial charge is 0.465 e. The van der Waals surface area contributed by atoms with Gasteiger partial charge in [-0.1, -0.05) is 42.5 Å². The maximum Gasteiger partial charge on any atom is 0.338 e. The van der Waals surface area contributed by atoms with Gasteiger partial charge in [-0.05, 0) is 36.2 Å². The Balaban J connectivity index is 1.57. The van der Waals surface area contributed by atoms with Crippen molar-refractivity contribution in [2.45, 2.75) is 13.5 Å². The zero-order valence-corrected chi connectivity index (χ0v) is 17.0. The van der Waals surface area contributed by atoms with E-state index in [1.807, 2.05) is 43.3 Å². The number of amides is 3. The van der Waals surface area contributed by atoms with Gasteiger partial charge in [0, 0.05) is 11.6 Å². The van der Waals surface area contributed by atoms with Crippen LogP contribution in [-0.2, 0) is 16.1 Å². The van der Waals surface area contributed by atoms with E-state index in [1.165, 1.54) is 13.2 Å². The maximum absolute atomic E-state index is 12.7. The van der Waals surface area contributed by atoms with Crippen LogP contribution in [0, 0.1) is 6.92 Å². The predicted molar refractivity (Wildman–Crippen MR) is 114 cm³/mol. The van der Waals surface area contributed by atoms with E-state index in [0.29, 0.717) is 17.1 Å². The number of carbonyl (C=O) groups excluding carboxylic acids is 3. The minimum absolute atomic E-state index is 0.141. The molecule has 156 valence electrons. The molecular weight excluding hydrogens is 396 g/mol. The normalized spacial score (nSPS) is 14.8. The lowest BCUT2D eigenvalue weighted by atomic mass is 10.0. The highest BCUT2D eigenvalue weighted by Crippen LogP contribution is 2.29. The summed E-state index contributed by atoms with van der Waals surface area (Å²) in [5, 5.41) is 2.59. The summed E-state index contributed by atoms with van der Waals surface area (Å²) in [4.78, 5) is 38.0. The molecule has 0 spiro atoms. The van der Waals surface area contributed by atoms with Crippen molar-refractivity contribution in [2.24, 2.45) is 0 Å². The van der Waals surface area contributed by atoms with E-state index < -0.39 is 17.9 Å². The van der Waals surface area contributed by atoms with Crippen molar-refractivity contribution in [1.82, 2.24) is 10.2 Å². The number of rotatable bonds is 5. The molecular formula is C24H20N2O5. The summed E-state index contributed by atoms with van der Waals surface area (Å²) < 4.78 is 10.7. The molecule has 0 radical (unpaired) electrons. The molecule has 1 aromatic heterocycles. The van der Waals surface area contributed by atoms with Crippen molar-refractivity contribution in [3.05, 3.63) is 88.8 Å². The Morgan fingerprint density at radius 3 is 2.58 bits per heavy atom. The van der Waals surface area contributed by atoms with E-state index in [2.05, 4.69) is 5.32 Å². The number of ether oxygens (including phenoxy) is 1. The van der Waals surface area contributed by atoms with Crippen molar-refractivity contribution in [1.29, 1.82) is 0 Å². The van der Waals surface area contributed by atoms with Crippen LogP contribution in [0.15, 0.2) is 70.8 Å². The Morgan fingerprint density at radius 2 is 1.84 bits per heavy atom. The molecule has 1 fully saturated rings. The van der Waals surface area contributed by atoms with Crippen molar-refractivity contribution < 1.29 is 23.5 Å². The highest BCUT2D eigenvalue weighted by atomic mass is 16.5. The van der Waals surface area contributed by atoms with Gasteiger partial charge in [-0.2, -0.15) is 0 Å². The second kappa shape index (κ2) is 8.31. The molecule has 0 aliphatic carbocycles. The molecule has 0 atom stereocenters. The SMILES string of the molecule is COC(=O)c1cccc(-c2ccc(/C=C3/NC(=O)N(Cc4ccccc4)C3=O)o2)c1C. The Bertz CT molecular complexity index is 1190. The zero-order chi connectivity index (χ0) is 22.0. The monoisotopic (exact) mass is 416 g/mol. The molecule has 1 saturated heterocycles. The second-order valence-electron chi connectivity index (χ2n) is 7.04.